The highest BCUT2D eigenvalue weighted by Crippen LogP contribution is 2.65. The van der Waals surface area contributed by atoms with Crippen molar-refractivity contribution in [1.29, 1.82) is 0 Å². The van der Waals surface area contributed by atoms with Crippen LogP contribution in [0.5, 0.6) is 0 Å². The van der Waals surface area contributed by atoms with E-state index in [1.807, 2.05) is 20.8 Å². The topological polar surface area (TPSA) is 106 Å². The van der Waals surface area contributed by atoms with Crippen molar-refractivity contribution in [2.24, 2.45) is 29.1 Å². The first-order valence-electron chi connectivity index (χ1n) is 17.0. The molecule has 6 aliphatic rings. The minimum atomic E-state index is -0.716. The zero-order chi connectivity index (χ0) is 31.3. The fourth-order valence-electron chi connectivity index (χ4n) is 8.79. The summed E-state index contributed by atoms with van der Waals surface area (Å²) in [6, 6.07) is -1.30. The van der Waals surface area contributed by atoms with E-state index in [-0.39, 0.29) is 40.8 Å². The lowest BCUT2D eigenvalue weighted by molar-refractivity contribution is -0.199. The van der Waals surface area contributed by atoms with Gasteiger partial charge < -0.3 is 29.6 Å². The van der Waals surface area contributed by atoms with Crippen molar-refractivity contribution in [1.82, 2.24) is 15.5 Å². The van der Waals surface area contributed by atoms with Crippen LogP contribution in [-0.4, -0.2) is 71.8 Å². The van der Waals surface area contributed by atoms with Crippen LogP contribution in [0.25, 0.3) is 0 Å². The first-order chi connectivity index (χ1) is 20.1. The second-order valence-corrected chi connectivity index (χ2v) is 16.2. The summed E-state index contributed by atoms with van der Waals surface area (Å²) in [4.78, 5) is 42.4. The Morgan fingerprint density at radius 1 is 1.00 bits per heavy atom. The smallest absolute Gasteiger partial charge is 0.444 e. The van der Waals surface area contributed by atoms with Crippen LogP contribution in [-0.2, 0) is 23.6 Å². The summed E-state index contributed by atoms with van der Waals surface area (Å²) in [5, 5.41) is 6.14. The zero-order valence-corrected chi connectivity index (χ0v) is 27.9. The van der Waals surface area contributed by atoms with Crippen LogP contribution in [0.15, 0.2) is 0 Å². The van der Waals surface area contributed by atoms with E-state index in [1.54, 1.807) is 4.90 Å². The van der Waals surface area contributed by atoms with Crippen molar-refractivity contribution >= 4 is 25.0 Å². The van der Waals surface area contributed by atoms with Crippen LogP contribution >= 0.6 is 0 Å². The lowest BCUT2D eigenvalue weighted by Gasteiger charge is -2.64. The molecule has 0 aromatic rings. The molecule has 6 rings (SSSR count). The first-order valence-corrected chi connectivity index (χ1v) is 17.0. The molecule has 2 bridgehead atoms. The number of nitrogens with zero attached hydrogens (tertiary/aromatic N) is 1. The summed E-state index contributed by atoms with van der Waals surface area (Å²) in [6.07, 6.45) is 9.14. The maximum Gasteiger partial charge on any atom is 0.481 e. The van der Waals surface area contributed by atoms with Crippen LogP contribution < -0.4 is 10.6 Å². The highest BCUT2D eigenvalue weighted by atomic mass is 16.7. The normalized spacial score (nSPS) is 33.4. The van der Waals surface area contributed by atoms with Gasteiger partial charge in [-0.25, -0.2) is 4.79 Å². The molecular weight excluding hydrogens is 545 g/mol. The Hall–Kier alpha value is -1.81. The van der Waals surface area contributed by atoms with Crippen LogP contribution in [0, 0.1) is 29.1 Å². The number of amides is 3. The molecule has 10 heteroatoms. The molecule has 0 aromatic carbocycles. The van der Waals surface area contributed by atoms with Crippen molar-refractivity contribution in [3.8, 4) is 0 Å². The summed E-state index contributed by atoms with van der Waals surface area (Å²) >= 11 is 0. The highest BCUT2D eigenvalue weighted by molar-refractivity contribution is 6.48. The average molecular weight is 602 g/mol. The second kappa shape index (κ2) is 12.2. The molecule has 2 heterocycles. The van der Waals surface area contributed by atoms with E-state index in [4.69, 9.17) is 14.0 Å². The van der Waals surface area contributed by atoms with E-state index < -0.39 is 30.9 Å². The average Bonchev–Trinajstić information content (AvgIpc) is 3.54. The SMILES string of the molecule is CC(C)[C@H](NC(=O)[C@@H]1CCCN1C(=O)[C@@H](CC1CCCCC1)NC(=O)OC(C)(C)C)B1O[C@@H]2C[C@@H]3C[C@@H](C3(C)C)[C@]2(C)O1. The van der Waals surface area contributed by atoms with Crippen LogP contribution in [0.3, 0.4) is 0 Å². The Bertz CT molecular complexity index is 1060. The number of nitrogens with one attached hydrogen (secondary N) is 2. The quantitative estimate of drug-likeness (QED) is 0.369. The van der Waals surface area contributed by atoms with E-state index >= 15 is 0 Å². The molecule has 242 valence electrons. The Balaban J connectivity index is 1.27. The van der Waals surface area contributed by atoms with Gasteiger partial charge in [-0.05, 0) is 88.9 Å². The second-order valence-electron chi connectivity index (χ2n) is 16.2. The Morgan fingerprint density at radius 3 is 2.33 bits per heavy atom. The van der Waals surface area contributed by atoms with Gasteiger partial charge in [0.25, 0.3) is 0 Å². The van der Waals surface area contributed by atoms with Crippen molar-refractivity contribution in [3.05, 3.63) is 0 Å². The molecule has 0 aromatic heterocycles. The molecule has 0 unspecified atom stereocenters. The third kappa shape index (κ3) is 6.61. The van der Waals surface area contributed by atoms with E-state index in [1.165, 1.54) is 12.8 Å². The summed E-state index contributed by atoms with van der Waals surface area (Å²) in [5.74, 6) is 0.859. The minimum Gasteiger partial charge on any atom is -0.444 e. The molecule has 2 aliphatic heterocycles. The third-order valence-corrected chi connectivity index (χ3v) is 11.4. The molecule has 2 N–H and O–H groups in total. The standard InChI is InChI=1S/C33H56BN3O6/c1-20(2)27(34-42-26-19-22-18-25(32(22,6)7)33(26,8)43-34)36-28(38)24-15-12-16-37(24)29(39)23(17-21-13-10-9-11-14-21)35-30(40)41-31(3,4)5/h20-27H,9-19H2,1-8H3,(H,35,40)(H,36,38)/t22-,23+,24-,25-,26+,27-,33-/m0/s1. The van der Waals surface area contributed by atoms with Gasteiger partial charge in [-0.3, -0.25) is 9.59 Å². The highest BCUT2D eigenvalue weighted by Gasteiger charge is 2.68. The van der Waals surface area contributed by atoms with Gasteiger partial charge >= 0.3 is 13.2 Å². The van der Waals surface area contributed by atoms with Gasteiger partial charge in [0.05, 0.1) is 17.6 Å². The van der Waals surface area contributed by atoms with Gasteiger partial charge in [0.2, 0.25) is 11.8 Å². The Labute approximate surface area is 259 Å². The Morgan fingerprint density at radius 2 is 1.70 bits per heavy atom. The molecule has 0 radical (unpaired) electrons. The molecule has 7 atom stereocenters. The number of likely N-dealkylation sites (tertiary alicyclic amines) is 1. The van der Waals surface area contributed by atoms with Crippen LogP contribution in [0.4, 0.5) is 4.79 Å². The molecule has 6 fully saturated rings. The number of hydrogen-bond acceptors (Lipinski definition) is 6. The van der Waals surface area contributed by atoms with Crippen molar-refractivity contribution in [2.45, 2.75) is 155 Å². The predicted octanol–water partition coefficient (Wildman–Crippen LogP) is 5.25. The number of carbonyl (C=O) groups excluding carboxylic acids is 3. The maximum absolute atomic E-state index is 14.1. The number of ether oxygens (including phenoxy) is 1. The Kier molecular flexibility index (Phi) is 9.23. The number of carbonyl (C=O) groups is 3. The van der Waals surface area contributed by atoms with Crippen LogP contribution in [0.2, 0.25) is 0 Å². The maximum atomic E-state index is 14.1. The summed E-state index contributed by atoms with van der Waals surface area (Å²) in [6.45, 7) is 17.0. The minimum absolute atomic E-state index is 0.0384. The third-order valence-electron chi connectivity index (χ3n) is 11.4. The summed E-state index contributed by atoms with van der Waals surface area (Å²) < 4.78 is 18.8. The monoisotopic (exact) mass is 601 g/mol. The molecule has 0 spiro atoms. The van der Waals surface area contributed by atoms with E-state index in [0.717, 1.165) is 38.5 Å². The molecule has 2 saturated heterocycles. The predicted molar refractivity (Wildman–Crippen MR) is 166 cm³/mol. The van der Waals surface area contributed by atoms with Gasteiger partial charge in [-0.1, -0.05) is 59.8 Å². The largest absolute Gasteiger partial charge is 0.481 e. The van der Waals surface area contributed by atoms with Gasteiger partial charge in [-0.15, -0.1) is 0 Å². The van der Waals surface area contributed by atoms with E-state index in [2.05, 4.69) is 45.3 Å². The van der Waals surface area contributed by atoms with E-state index in [9.17, 15) is 14.4 Å². The van der Waals surface area contributed by atoms with Crippen molar-refractivity contribution in [2.75, 3.05) is 6.54 Å². The molecule has 3 amide bonds. The fourth-order valence-corrected chi connectivity index (χ4v) is 8.79. The number of alkyl carbamates (subject to hydrolysis) is 1. The molecule has 43 heavy (non-hydrogen) atoms. The number of rotatable bonds is 8. The van der Waals surface area contributed by atoms with Crippen molar-refractivity contribution < 1.29 is 28.4 Å². The summed E-state index contributed by atoms with van der Waals surface area (Å²) in [5.41, 5.74) is -0.776. The van der Waals surface area contributed by atoms with Crippen LogP contribution in [0.1, 0.15) is 120 Å². The number of hydrogen-bond donors (Lipinski definition) is 2. The zero-order valence-electron chi connectivity index (χ0n) is 27.9. The van der Waals surface area contributed by atoms with Gasteiger partial charge in [0, 0.05) is 6.54 Å². The van der Waals surface area contributed by atoms with Gasteiger partial charge in [0.15, 0.2) is 0 Å². The summed E-state index contributed by atoms with van der Waals surface area (Å²) in [7, 11) is -0.521. The molecule has 4 aliphatic carbocycles. The van der Waals surface area contributed by atoms with Crippen molar-refractivity contribution in [3.63, 3.8) is 0 Å². The molecule has 4 saturated carbocycles. The lowest BCUT2D eigenvalue weighted by atomic mass is 9.43. The van der Waals surface area contributed by atoms with E-state index in [0.29, 0.717) is 37.1 Å². The fraction of sp³-hybridized carbons (Fsp3) is 0.909. The molecule has 9 nitrogen and oxygen atoms in total. The lowest BCUT2D eigenvalue weighted by Crippen LogP contribution is -2.65. The van der Waals surface area contributed by atoms with Gasteiger partial charge in [-0.2, -0.15) is 0 Å². The molecular formula is C33H56BN3O6. The van der Waals surface area contributed by atoms with Gasteiger partial charge in [0.1, 0.15) is 17.7 Å². The first kappa shape index (κ1) is 32.6.